The highest BCUT2D eigenvalue weighted by Crippen LogP contribution is 2.55. The number of hydrogen-bond acceptors (Lipinski definition) is 13. The van der Waals surface area contributed by atoms with Gasteiger partial charge in [-0.1, -0.05) is 84.3 Å². The van der Waals surface area contributed by atoms with E-state index in [-0.39, 0.29) is 73.7 Å². The van der Waals surface area contributed by atoms with Crippen molar-refractivity contribution in [3.63, 3.8) is 0 Å². The number of ether oxygens (including phenoxy) is 2. The molecule has 2 saturated heterocycles. The van der Waals surface area contributed by atoms with Crippen LogP contribution in [-0.4, -0.2) is 123 Å². The fraction of sp³-hybridized carbons (Fsp3) is 0.545. The van der Waals surface area contributed by atoms with Crippen LogP contribution in [-0.2, 0) is 19.1 Å². The van der Waals surface area contributed by atoms with Crippen LogP contribution in [0.1, 0.15) is 121 Å². The van der Waals surface area contributed by atoms with Crippen LogP contribution in [0.25, 0.3) is 10.4 Å². The Morgan fingerprint density at radius 2 is 1.66 bits per heavy atom. The van der Waals surface area contributed by atoms with E-state index in [9.17, 15) is 29.5 Å². The van der Waals surface area contributed by atoms with Crippen LogP contribution in [0.5, 0.6) is 5.75 Å². The van der Waals surface area contributed by atoms with Gasteiger partial charge in [-0.25, -0.2) is 9.97 Å². The highest BCUT2D eigenvalue weighted by atomic mass is 35.5. The molecule has 18 heteroatoms. The first-order chi connectivity index (χ1) is 34.5. The quantitative estimate of drug-likeness (QED) is 0.0742. The van der Waals surface area contributed by atoms with Crippen molar-refractivity contribution in [3.05, 3.63) is 93.7 Å². The number of nitrogens with one attached hydrogen (secondary N) is 4. The Kier molecular flexibility index (Phi) is 15.9. The lowest BCUT2D eigenvalue weighted by atomic mass is 9.49. The Bertz CT molecular complexity index is 2670. The first-order valence-electron chi connectivity index (χ1n) is 25.4. The van der Waals surface area contributed by atoms with E-state index < -0.39 is 40.3 Å². The molecule has 0 bridgehead atoms. The van der Waals surface area contributed by atoms with Crippen molar-refractivity contribution in [1.29, 1.82) is 5.26 Å². The Morgan fingerprint density at radius 3 is 2.26 bits per heavy atom. The average Bonchev–Trinajstić information content (AvgIpc) is 3.96. The summed E-state index contributed by atoms with van der Waals surface area (Å²) in [5.41, 5.74) is 4.15. The van der Waals surface area contributed by atoms with Gasteiger partial charge in [-0.15, -0.1) is 11.3 Å². The van der Waals surface area contributed by atoms with Gasteiger partial charge in [0.15, 0.2) is 0 Å². The van der Waals surface area contributed by atoms with Crippen LogP contribution < -0.4 is 26.0 Å². The number of thiazole rings is 1. The summed E-state index contributed by atoms with van der Waals surface area (Å²) in [6.45, 7) is 19.3. The number of halogens is 1. The van der Waals surface area contributed by atoms with E-state index in [0.717, 1.165) is 47.4 Å². The lowest BCUT2D eigenvalue weighted by Gasteiger charge is -2.63. The number of β-amino-alcohol motifs (C(OH)–C–C–N with tert-alkyl or cyclic N) is 1. The third-order valence-electron chi connectivity index (χ3n) is 15.2. The summed E-state index contributed by atoms with van der Waals surface area (Å²) >= 11 is 7.84. The molecule has 5 N–H and O–H groups in total. The zero-order valence-corrected chi connectivity index (χ0v) is 44.9. The number of piperidine rings is 1. The maximum atomic E-state index is 14.3. The molecule has 4 atom stereocenters. The third kappa shape index (κ3) is 12.0. The van der Waals surface area contributed by atoms with E-state index in [2.05, 4.69) is 69.9 Å². The molecular formula is C55H70ClN9O7S. The summed E-state index contributed by atoms with van der Waals surface area (Å²) in [7, 11) is 0. The fourth-order valence-corrected chi connectivity index (χ4v) is 12.4. The molecule has 4 aromatic rings. The van der Waals surface area contributed by atoms with Crippen LogP contribution in [0.15, 0.2) is 66.3 Å². The van der Waals surface area contributed by atoms with E-state index in [1.165, 1.54) is 4.90 Å². The van der Waals surface area contributed by atoms with Crippen LogP contribution in [0.3, 0.4) is 0 Å². The van der Waals surface area contributed by atoms with Crippen molar-refractivity contribution in [1.82, 2.24) is 35.7 Å². The molecule has 390 valence electrons. The maximum absolute atomic E-state index is 14.3. The molecule has 2 aliphatic carbocycles. The Balaban J connectivity index is 0.745. The SMILES string of the molecule is Cc1ncsc1-c1ccc([C@H](C)NC(=O)[C@@H]2C[C@@H](O)CN2C(=O)C(NC(=O)CN2CCC(OC3CC(Nc4ccc(C(=O)NC5C(C)(C)C(Oc6ccc(C#N)c(Cl)c6)C5(C)C)cn4)C3)CC2)C(C)(C)C)cc1. The van der Waals surface area contributed by atoms with Gasteiger partial charge in [-0.3, -0.25) is 24.1 Å². The summed E-state index contributed by atoms with van der Waals surface area (Å²) in [6.07, 6.45) is 4.03. The van der Waals surface area contributed by atoms with Gasteiger partial charge in [-0.05, 0) is 80.3 Å². The molecule has 2 aliphatic heterocycles. The van der Waals surface area contributed by atoms with Gasteiger partial charge in [0.05, 0.1) is 63.1 Å². The molecule has 4 aliphatic rings. The molecule has 8 rings (SSSR count). The smallest absolute Gasteiger partial charge is 0.253 e. The van der Waals surface area contributed by atoms with Crippen molar-refractivity contribution in [2.75, 3.05) is 31.5 Å². The Hall–Kier alpha value is -5.64. The number of amides is 4. The first-order valence-corrected chi connectivity index (χ1v) is 26.6. The molecule has 4 heterocycles. The number of aryl methyl sites for hydroxylation is 1. The van der Waals surface area contributed by atoms with Crippen LogP contribution in [0.4, 0.5) is 5.82 Å². The van der Waals surface area contributed by atoms with Crippen molar-refractivity contribution in [3.8, 4) is 22.3 Å². The zero-order valence-electron chi connectivity index (χ0n) is 43.3. The summed E-state index contributed by atoms with van der Waals surface area (Å²) < 4.78 is 12.8. The van der Waals surface area contributed by atoms with E-state index in [1.54, 1.807) is 41.8 Å². The standard InChI is InChI=1S/C55H70ClN9O7S/c1-31(33-10-12-34(13-11-33)46-32(2)59-30-73-46)60-49(69)43-24-38(66)28-65(43)50(70)47(53(3,4)5)62-45(67)29-64-20-18-39(19-21-64)71-41-22-37(23-41)61-44-17-15-36(27-58-44)48(68)63-51-54(6,7)52(55(51,8)9)72-40-16-14-35(26-57)42(56)25-40/h10-17,25,27,30-31,37-39,41,43,47,51-52,66H,18-24,28-29H2,1-9H3,(H,58,61)(H,60,69)(H,62,67)(H,63,68)/t31-,37?,38+,41?,43-,47?,51?,52?/m0/s1. The second-order valence-corrected chi connectivity index (χ2v) is 23.9. The zero-order chi connectivity index (χ0) is 52.6. The van der Waals surface area contributed by atoms with Crippen LogP contribution in [0, 0.1) is 34.5 Å². The van der Waals surface area contributed by atoms with Gasteiger partial charge in [0.2, 0.25) is 17.7 Å². The molecule has 2 saturated carbocycles. The Morgan fingerprint density at radius 1 is 0.959 bits per heavy atom. The number of anilines is 1. The first kappa shape index (κ1) is 53.6. The van der Waals surface area contributed by atoms with Gasteiger partial charge in [0.1, 0.15) is 35.8 Å². The highest BCUT2D eigenvalue weighted by molar-refractivity contribution is 7.13. The van der Waals surface area contributed by atoms with Crippen molar-refractivity contribution >= 4 is 52.4 Å². The number of rotatable bonds is 16. The second kappa shape index (κ2) is 21.7. The number of nitrogens with zero attached hydrogens (tertiary/aromatic N) is 5. The lowest BCUT2D eigenvalue weighted by Crippen LogP contribution is -2.74. The Labute approximate surface area is 438 Å². The van der Waals surface area contributed by atoms with Gasteiger partial charge in [0, 0.05) is 61.2 Å². The molecule has 73 heavy (non-hydrogen) atoms. The molecule has 0 spiro atoms. The number of nitriles is 1. The molecule has 0 radical (unpaired) electrons. The van der Waals surface area contributed by atoms with E-state index >= 15 is 0 Å². The molecule has 4 amide bonds. The number of aliphatic hydroxyl groups is 1. The number of hydrogen-bond donors (Lipinski definition) is 5. The molecule has 2 aromatic heterocycles. The summed E-state index contributed by atoms with van der Waals surface area (Å²) in [4.78, 5) is 68.6. The fourth-order valence-electron chi connectivity index (χ4n) is 11.3. The topological polar surface area (TPSA) is 211 Å². The average molecular weight is 1040 g/mol. The van der Waals surface area contributed by atoms with Crippen molar-refractivity contribution in [2.24, 2.45) is 16.2 Å². The van der Waals surface area contributed by atoms with Crippen LogP contribution in [0.2, 0.25) is 5.02 Å². The number of carbonyl (C=O) groups excluding carboxylic acids is 4. The van der Waals surface area contributed by atoms with Crippen molar-refractivity contribution < 1.29 is 33.8 Å². The van der Waals surface area contributed by atoms with Crippen molar-refractivity contribution in [2.45, 2.75) is 149 Å². The molecule has 2 aromatic carbocycles. The number of pyridine rings is 1. The maximum Gasteiger partial charge on any atom is 0.253 e. The predicted molar refractivity (Wildman–Crippen MR) is 281 cm³/mol. The second-order valence-electron chi connectivity index (χ2n) is 22.7. The number of aromatic nitrogens is 2. The number of carbonyl (C=O) groups is 4. The summed E-state index contributed by atoms with van der Waals surface area (Å²) in [6, 6.07) is 16.6. The van der Waals surface area contributed by atoms with Gasteiger partial charge in [-0.2, -0.15) is 5.26 Å². The minimum absolute atomic E-state index is 0.00435. The molecule has 16 nitrogen and oxygen atoms in total. The third-order valence-corrected chi connectivity index (χ3v) is 16.5. The predicted octanol–water partition coefficient (Wildman–Crippen LogP) is 7.44. The van der Waals surface area contributed by atoms with Gasteiger partial charge < -0.3 is 40.7 Å². The minimum Gasteiger partial charge on any atom is -0.489 e. The largest absolute Gasteiger partial charge is 0.489 e. The van der Waals surface area contributed by atoms with E-state index in [1.807, 2.05) is 70.5 Å². The summed E-state index contributed by atoms with van der Waals surface area (Å²) in [5, 5.41) is 33.0. The van der Waals surface area contributed by atoms with Gasteiger partial charge in [0.25, 0.3) is 5.91 Å². The monoisotopic (exact) mass is 1040 g/mol. The number of likely N-dealkylation sites (tertiary alicyclic amines) is 2. The molecular weight excluding hydrogens is 966 g/mol. The minimum atomic E-state index is -0.911. The molecule has 1 unspecified atom stereocenters. The molecule has 4 fully saturated rings. The normalized spacial score (nSPS) is 24.5. The highest BCUT2D eigenvalue weighted by Gasteiger charge is 2.64. The summed E-state index contributed by atoms with van der Waals surface area (Å²) in [5.74, 6) is 0.0476. The number of aliphatic hydroxyl groups excluding tert-OH is 1. The van der Waals surface area contributed by atoms with E-state index in [4.69, 9.17) is 21.1 Å². The van der Waals surface area contributed by atoms with Crippen LogP contribution >= 0.6 is 22.9 Å². The van der Waals surface area contributed by atoms with Gasteiger partial charge >= 0.3 is 0 Å². The number of benzene rings is 2. The van der Waals surface area contributed by atoms with E-state index in [0.29, 0.717) is 40.8 Å². The lowest BCUT2D eigenvalue weighted by molar-refractivity contribution is -0.164.